The van der Waals surface area contributed by atoms with E-state index >= 15 is 0 Å². The van der Waals surface area contributed by atoms with Crippen molar-refractivity contribution in [3.8, 4) is 44.5 Å². The van der Waals surface area contributed by atoms with Crippen LogP contribution in [0.15, 0.2) is 243 Å². The molecule has 0 aliphatic heterocycles. The standard InChI is InChI=1S/C58H40N6/c1-3-15-41(16-4-1)43-23-27-45(28-24-43)57-49-33-31-47(63(53-19-7-11-35-59-53)54-20-8-12-36-60-54)39-51(49)58(46-29-25-44(26-30-46)42-17-5-2-6-18-42)52-40-48(32-34-50(52)57)64(55-21-9-13-37-61-55)56-22-10-14-38-62-56/h1-40H. The minimum atomic E-state index is 0.774. The summed E-state index contributed by atoms with van der Waals surface area (Å²) in [6.45, 7) is 0. The molecule has 0 bridgehead atoms. The third kappa shape index (κ3) is 7.29. The molecule has 0 fully saturated rings. The Bertz CT molecular complexity index is 3110. The highest BCUT2D eigenvalue weighted by molar-refractivity contribution is 6.22. The zero-order chi connectivity index (χ0) is 42.7. The lowest BCUT2D eigenvalue weighted by Crippen LogP contribution is -2.13. The molecule has 302 valence electrons. The van der Waals surface area contributed by atoms with Gasteiger partial charge in [0, 0.05) is 36.2 Å². The summed E-state index contributed by atoms with van der Waals surface area (Å²) in [5.74, 6) is 3.09. The second kappa shape index (κ2) is 17.0. The quantitative estimate of drug-likeness (QED) is 0.128. The van der Waals surface area contributed by atoms with Gasteiger partial charge in [0.2, 0.25) is 0 Å². The highest BCUT2D eigenvalue weighted by Crippen LogP contribution is 2.48. The topological polar surface area (TPSA) is 58.0 Å². The van der Waals surface area contributed by atoms with Crippen LogP contribution < -0.4 is 9.80 Å². The van der Waals surface area contributed by atoms with Gasteiger partial charge in [0.1, 0.15) is 23.3 Å². The van der Waals surface area contributed by atoms with Crippen LogP contribution in [0, 0.1) is 0 Å². The van der Waals surface area contributed by atoms with Crippen LogP contribution in [-0.4, -0.2) is 19.9 Å². The lowest BCUT2D eigenvalue weighted by Gasteiger charge is -2.26. The van der Waals surface area contributed by atoms with Crippen molar-refractivity contribution < 1.29 is 0 Å². The van der Waals surface area contributed by atoms with Crippen molar-refractivity contribution in [2.75, 3.05) is 9.80 Å². The van der Waals surface area contributed by atoms with Gasteiger partial charge in [-0.1, -0.05) is 146 Å². The molecule has 0 aliphatic rings. The molecule has 11 aromatic rings. The number of hydrogen-bond acceptors (Lipinski definition) is 6. The molecule has 7 aromatic carbocycles. The first kappa shape index (κ1) is 38.2. The van der Waals surface area contributed by atoms with E-state index in [2.05, 4.69) is 155 Å². The lowest BCUT2D eigenvalue weighted by molar-refractivity contribution is 1.13. The molecule has 0 amide bonds. The van der Waals surface area contributed by atoms with Gasteiger partial charge < -0.3 is 0 Å². The highest BCUT2D eigenvalue weighted by atomic mass is 15.2. The van der Waals surface area contributed by atoms with Crippen molar-refractivity contribution in [2.24, 2.45) is 0 Å². The Labute approximate surface area is 372 Å². The monoisotopic (exact) mass is 820 g/mol. The molecular weight excluding hydrogens is 781 g/mol. The van der Waals surface area contributed by atoms with Crippen molar-refractivity contribution in [2.45, 2.75) is 0 Å². The fraction of sp³-hybridized carbons (Fsp3) is 0. The summed E-state index contributed by atoms with van der Waals surface area (Å²) < 4.78 is 0. The molecule has 4 aromatic heterocycles. The van der Waals surface area contributed by atoms with Gasteiger partial charge in [-0.15, -0.1) is 0 Å². The Balaban J connectivity index is 1.23. The number of aromatic nitrogens is 4. The van der Waals surface area contributed by atoms with E-state index < -0.39 is 0 Å². The van der Waals surface area contributed by atoms with E-state index in [1.807, 2.05) is 97.6 Å². The van der Waals surface area contributed by atoms with Gasteiger partial charge in [0.05, 0.1) is 0 Å². The summed E-state index contributed by atoms with van der Waals surface area (Å²) in [5.41, 5.74) is 11.0. The maximum atomic E-state index is 4.84. The molecule has 6 nitrogen and oxygen atoms in total. The van der Waals surface area contributed by atoms with E-state index in [4.69, 9.17) is 19.9 Å². The van der Waals surface area contributed by atoms with E-state index in [-0.39, 0.29) is 0 Å². The normalized spacial score (nSPS) is 11.1. The summed E-state index contributed by atoms with van der Waals surface area (Å²) in [6, 6.07) is 76.5. The molecule has 0 saturated carbocycles. The van der Waals surface area contributed by atoms with Crippen molar-refractivity contribution in [3.05, 3.63) is 243 Å². The van der Waals surface area contributed by atoms with Gasteiger partial charge in [-0.05, 0) is 139 Å². The first-order valence-electron chi connectivity index (χ1n) is 21.4. The van der Waals surface area contributed by atoms with E-state index in [0.29, 0.717) is 0 Å². The van der Waals surface area contributed by atoms with Crippen molar-refractivity contribution in [1.29, 1.82) is 0 Å². The molecular formula is C58H40N6. The molecule has 0 unspecified atom stereocenters. The Morgan fingerprint density at radius 3 is 0.859 bits per heavy atom. The zero-order valence-electron chi connectivity index (χ0n) is 34.8. The maximum absolute atomic E-state index is 4.84. The second-order valence-corrected chi connectivity index (χ2v) is 15.5. The molecule has 4 heterocycles. The maximum Gasteiger partial charge on any atom is 0.138 e. The number of anilines is 6. The largest absolute Gasteiger partial charge is 0.279 e. The highest BCUT2D eigenvalue weighted by Gasteiger charge is 2.23. The molecule has 0 radical (unpaired) electrons. The van der Waals surface area contributed by atoms with Gasteiger partial charge in [-0.25, -0.2) is 19.9 Å². The minimum absolute atomic E-state index is 0.774. The van der Waals surface area contributed by atoms with Crippen molar-refractivity contribution >= 4 is 56.2 Å². The zero-order valence-corrected chi connectivity index (χ0v) is 34.8. The minimum Gasteiger partial charge on any atom is -0.279 e. The van der Waals surface area contributed by atoms with Crippen LogP contribution in [0.5, 0.6) is 0 Å². The van der Waals surface area contributed by atoms with E-state index in [1.54, 1.807) is 0 Å². The van der Waals surface area contributed by atoms with Crippen molar-refractivity contribution in [1.82, 2.24) is 19.9 Å². The average Bonchev–Trinajstić information content (AvgIpc) is 3.38. The summed E-state index contributed by atoms with van der Waals surface area (Å²) in [4.78, 5) is 23.6. The van der Waals surface area contributed by atoms with Crippen LogP contribution in [0.25, 0.3) is 66.1 Å². The Kier molecular flexibility index (Phi) is 10.1. The molecule has 11 rings (SSSR count). The first-order valence-corrected chi connectivity index (χ1v) is 21.4. The van der Waals surface area contributed by atoms with Crippen LogP contribution in [0.3, 0.4) is 0 Å². The Morgan fingerprint density at radius 1 is 0.234 bits per heavy atom. The first-order chi connectivity index (χ1) is 31.8. The molecule has 6 heteroatoms. The summed E-state index contributed by atoms with van der Waals surface area (Å²) in [7, 11) is 0. The molecule has 0 atom stereocenters. The van der Waals surface area contributed by atoms with E-state index in [9.17, 15) is 0 Å². The van der Waals surface area contributed by atoms with Crippen LogP contribution in [0.4, 0.5) is 34.6 Å². The van der Waals surface area contributed by atoms with Crippen LogP contribution in [0.2, 0.25) is 0 Å². The molecule has 0 saturated heterocycles. The smallest absolute Gasteiger partial charge is 0.138 e. The molecule has 0 spiro atoms. The van der Waals surface area contributed by atoms with Crippen LogP contribution >= 0.6 is 0 Å². The predicted molar refractivity (Wildman–Crippen MR) is 264 cm³/mol. The average molecular weight is 821 g/mol. The lowest BCUT2D eigenvalue weighted by atomic mass is 9.84. The number of benzene rings is 7. The van der Waals surface area contributed by atoms with Gasteiger partial charge in [0.25, 0.3) is 0 Å². The molecule has 0 aliphatic carbocycles. The second-order valence-electron chi connectivity index (χ2n) is 15.5. The number of rotatable bonds is 10. The predicted octanol–water partition coefficient (Wildman–Crippen LogP) is 15.2. The van der Waals surface area contributed by atoms with E-state index in [1.165, 1.54) is 16.7 Å². The van der Waals surface area contributed by atoms with Gasteiger partial charge in [-0.2, -0.15) is 0 Å². The third-order valence-corrected chi connectivity index (χ3v) is 11.7. The number of fused-ring (bicyclic) bond motifs is 2. The molecule has 0 N–H and O–H groups in total. The molecule has 64 heavy (non-hydrogen) atoms. The van der Waals surface area contributed by atoms with Crippen molar-refractivity contribution in [3.63, 3.8) is 0 Å². The SMILES string of the molecule is c1ccc(-c2ccc(-c3c4ccc(N(c5ccccn5)c5ccccn5)cc4c(-c4ccc(-c5ccccc5)cc4)c4cc(N(c5ccccn5)c5ccccn5)ccc34)cc2)cc1. The number of hydrogen-bond donors (Lipinski definition) is 0. The summed E-state index contributed by atoms with van der Waals surface area (Å²) in [6.07, 6.45) is 7.31. The van der Waals surface area contributed by atoms with E-state index in [0.717, 1.165) is 84.0 Å². The fourth-order valence-corrected chi connectivity index (χ4v) is 8.73. The fourth-order valence-electron chi connectivity index (χ4n) is 8.73. The third-order valence-electron chi connectivity index (χ3n) is 11.7. The Hall–Kier alpha value is -8.74. The van der Waals surface area contributed by atoms with Gasteiger partial charge in [-0.3, -0.25) is 9.80 Å². The number of nitrogens with zero attached hydrogens (tertiary/aromatic N) is 6. The summed E-state index contributed by atoms with van der Waals surface area (Å²) >= 11 is 0. The van der Waals surface area contributed by atoms with Crippen LogP contribution in [-0.2, 0) is 0 Å². The summed E-state index contributed by atoms with van der Waals surface area (Å²) in [5, 5.41) is 4.45. The van der Waals surface area contributed by atoms with Gasteiger partial charge in [0.15, 0.2) is 0 Å². The number of pyridine rings is 4. The Morgan fingerprint density at radius 2 is 0.531 bits per heavy atom. The van der Waals surface area contributed by atoms with Crippen LogP contribution in [0.1, 0.15) is 0 Å². The van der Waals surface area contributed by atoms with Gasteiger partial charge >= 0.3 is 0 Å².